The molecular weight excluding hydrogens is 458 g/mol. The first kappa shape index (κ1) is 22.7. The van der Waals surface area contributed by atoms with Crippen molar-refractivity contribution in [3.8, 4) is 11.4 Å². The number of nitrogens with one attached hydrogen (secondary N) is 1. The normalized spacial score (nSPS) is 10.2. The zero-order valence-electron chi connectivity index (χ0n) is 16.3. The van der Waals surface area contributed by atoms with Gasteiger partial charge in [-0.1, -0.05) is 17.7 Å². The molecule has 0 radical (unpaired) electrons. The van der Waals surface area contributed by atoms with Gasteiger partial charge < -0.3 is 15.1 Å². The quantitative estimate of drug-likeness (QED) is 0.337. The molecule has 0 unspecified atom stereocenters. The summed E-state index contributed by atoms with van der Waals surface area (Å²) < 4.78 is 4.02. The fourth-order valence-corrected chi connectivity index (χ4v) is 3.68. The van der Waals surface area contributed by atoms with Crippen molar-refractivity contribution < 1.29 is 15.1 Å². The molecule has 0 saturated heterocycles. The number of imidazole rings is 1. The Bertz CT molecular complexity index is 1280. The van der Waals surface area contributed by atoms with Crippen LogP contribution in [0.5, 0.6) is 0 Å². The summed E-state index contributed by atoms with van der Waals surface area (Å²) in [7, 11) is 0. The monoisotopic (exact) mass is 473 g/mol. The molecule has 2 N–H and O–H groups in total. The molecule has 3 heterocycles. The predicted molar refractivity (Wildman–Crippen MR) is 118 cm³/mol. The number of nitrogens with zero attached hydrogens (tertiary/aromatic N) is 4. The zero-order valence-corrected chi connectivity index (χ0v) is 17.9. The van der Waals surface area contributed by atoms with Crippen molar-refractivity contribution in [2.75, 3.05) is 0 Å². The molecule has 32 heavy (non-hydrogen) atoms. The SMILES string of the molecule is O=C(NCc1cn(-c2ccc(-n3ccccc3=O)cc2)cn1)c1ccc(Cl)s1.O=[N+]([O-])O. The van der Waals surface area contributed by atoms with E-state index in [1.807, 2.05) is 41.1 Å². The van der Waals surface area contributed by atoms with Gasteiger partial charge in [0.25, 0.3) is 16.6 Å². The van der Waals surface area contributed by atoms with Crippen LogP contribution in [0.1, 0.15) is 15.4 Å². The van der Waals surface area contributed by atoms with Crippen molar-refractivity contribution >= 4 is 28.8 Å². The zero-order chi connectivity index (χ0) is 23.1. The number of thiophene rings is 1. The largest absolute Gasteiger partial charge is 0.346 e. The van der Waals surface area contributed by atoms with Gasteiger partial charge in [0.1, 0.15) is 0 Å². The number of benzene rings is 1. The second-order valence-corrected chi connectivity index (χ2v) is 7.94. The highest BCUT2D eigenvalue weighted by Crippen LogP contribution is 2.21. The van der Waals surface area contributed by atoms with Crippen LogP contribution < -0.4 is 10.9 Å². The molecule has 12 heteroatoms. The number of pyridine rings is 1. The van der Waals surface area contributed by atoms with E-state index < -0.39 is 5.09 Å². The topological polar surface area (TPSA) is 132 Å². The van der Waals surface area contributed by atoms with E-state index in [4.69, 9.17) is 26.9 Å². The minimum Gasteiger partial charge on any atom is -0.346 e. The molecule has 4 aromatic rings. The van der Waals surface area contributed by atoms with Gasteiger partial charge in [-0.15, -0.1) is 21.5 Å². The Balaban J connectivity index is 0.000000668. The van der Waals surface area contributed by atoms with Crippen molar-refractivity contribution in [2.45, 2.75) is 6.54 Å². The van der Waals surface area contributed by atoms with Crippen molar-refractivity contribution in [2.24, 2.45) is 0 Å². The molecule has 0 fully saturated rings. The van der Waals surface area contributed by atoms with Crippen LogP contribution in [0.15, 0.2) is 78.1 Å². The van der Waals surface area contributed by atoms with Crippen LogP contribution in [0.2, 0.25) is 4.34 Å². The van der Waals surface area contributed by atoms with Gasteiger partial charge in [0.05, 0.1) is 27.8 Å². The summed E-state index contributed by atoms with van der Waals surface area (Å²) in [5.41, 5.74) is 2.35. The third kappa shape index (κ3) is 6.03. The first-order valence-electron chi connectivity index (χ1n) is 9.01. The number of carbonyl (C=O) groups is 1. The average Bonchev–Trinajstić information content (AvgIpc) is 3.41. The highest BCUT2D eigenvalue weighted by Gasteiger charge is 2.09. The van der Waals surface area contributed by atoms with E-state index in [0.717, 1.165) is 17.1 Å². The molecule has 164 valence electrons. The van der Waals surface area contributed by atoms with Crippen LogP contribution in [0.25, 0.3) is 11.4 Å². The van der Waals surface area contributed by atoms with Crippen LogP contribution in [0.4, 0.5) is 0 Å². The number of amides is 1. The maximum Gasteiger partial charge on any atom is 0.291 e. The fraction of sp³-hybridized carbons (Fsp3) is 0.0500. The summed E-state index contributed by atoms with van der Waals surface area (Å²) >= 11 is 7.09. The Morgan fingerprint density at radius 1 is 1.16 bits per heavy atom. The second kappa shape index (κ2) is 10.4. The van der Waals surface area contributed by atoms with Crippen LogP contribution in [-0.2, 0) is 6.54 Å². The lowest BCUT2D eigenvalue weighted by Crippen LogP contribution is -2.21. The summed E-state index contributed by atoms with van der Waals surface area (Å²) in [5.74, 6) is -0.177. The van der Waals surface area contributed by atoms with Gasteiger partial charge in [-0.05, 0) is 42.5 Å². The van der Waals surface area contributed by atoms with E-state index in [-0.39, 0.29) is 11.5 Å². The molecule has 0 saturated carbocycles. The third-order valence-electron chi connectivity index (χ3n) is 4.11. The Morgan fingerprint density at radius 2 is 1.84 bits per heavy atom. The molecule has 0 aliphatic heterocycles. The van der Waals surface area contributed by atoms with Crippen LogP contribution in [-0.4, -0.2) is 30.3 Å². The average molecular weight is 474 g/mol. The number of hydrogen-bond acceptors (Lipinski definition) is 6. The van der Waals surface area contributed by atoms with E-state index in [9.17, 15) is 9.59 Å². The maximum absolute atomic E-state index is 12.1. The van der Waals surface area contributed by atoms with Gasteiger partial charge in [-0.3, -0.25) is 14.2 Å². The lowest BCUT2D eigenvalue weighted by molar-refractivity contribution is -0.742. The van der Waals surface area contributed by atoms with Crippen molar-refractivity contribution in [1.29, 1.82) is 0 Å². The summed E-state index contributed by atoms with van der Waals surface area (Å²) in [6.45, 7) is 0.318. The number of aromatic nitrogens is 3. The van der Waals surface area contributed by atoms with E-state index in [0.29, 0.717) is 15.8 Å². The Kier molecular flexibility index (Phi) is 7.37. The van der Waals surface area contributed by atoms with Crippen molar-refractivity contribution in [1.82, 2.24) is 19.4 Å². The van der Waals surface area contributed by atoms with E-state index in [1.165, 1.54) is 17.4 Å². The van der Waals surface area contributed by atoms with Gasteiger partial charge in [-0.2, -0.15) is 0 Å². The molecule has 0 atom stereocenters. The van der Waals surface area contributed by atoms with E-state index in [2.05, 4.69) is 10.3 Å². The molecule has 4 rings (SSSR count). The summed E-state index contributed by atoms with van der Waals surface area (Å²) in [6, 6.07) is 16.0. The second-order valence-electron chi connectivity index (χ2n) is 6.22. The maximum atomic E-state index is 12.1. The lowest BCUT2D eigenvalue weighted by Gasteiger charge is -2.07. The van der Waals surface area contributed by atoms with Crippen molar-refractivity contribution in [3.63, 3.8) is 0 Å². The first-order valence-corrected chi connectivity index (χ1v) is 10.2. The summed E-state index contributed by atoms with van der Waals surface area (Å²) in [5, 5.41) is 16.5. The lowest BCUT2D eigenvalue weighted by atomic mass is 10.2. The molecule has 0 bridgehead atoms. The van der Waals surface area contributed by atoms with Crippen LogP contribution in [0, 0.1) is 10.1 Å². The number of carbonyl (C=O) groups excluding carboxylic acids is 1. The molecule has 3 aromatic heterocycles. The van der Waals surface area contributed by atoms with Crippen LogP contribution >= 0.6 is 22.9 Å². The van der Waals surface area contributed by atoms with Gasteiger partial charge in [0.2, 0.25) is 0 Å². The Hall–Kier alpha value is -3.96. The van der Waals surface area contributed by atoms with Crippen molar-refractivity contribution in [3.05, 3.63) is 109 Å². The highest BCUT2D eigenvalue weighted by molar-refractivity contribution is 7.17. The standard InChI is InChI=1S/C20H15ClN4O2S.HNO3/c21-18-9-8-17(28-18)20(27)22-11-14-12-24(13-23-14)15-4-6-16(7-5-15)25-10-2-1-3-19(25)26;2-1(3)4/h1-10,12-13H,11H2,(H,22,27);(H,2,3,4). The molecule has 1 amide bonds. The van der Waals surface area contributed by atoms with Gasteiger partial charge in [0.15, 0.2) is 0 Å². The summed E-state index contributed by atoms with van der Waals surface area (Å²) in [6.07, 6.45) is 5.27. The van der Waals surface area contributed by atoms with Gasteiger partial charge >= 0.3 is 0 Å². The van der Waals surface area contributed by atoms with E-state index in [1.54, 1.807) is 35.3 Å². The van der Waals surface area contributed by atoms with Gasteiger partial charge in [0, 0.05) is 29.8 Å². The minimum atomic E-state index is -1.50. The molecule has 1 aromatic carbocycles. The predicted octanol–water partition coefficient (Wildman–Crippen LogP) is 3.32. The fourth-order valence-electron chi connectivity index (χ4n) is 2.72. The highest BCUT2D eigenvalue weighted by atomic mass is 35.5. The number of hydrogen-bond donors (Lipinski definition) is 2. The molecule has 10 nitrogen and oxygen atoms in total. The molecule has 0 aliphatic rings. The first-order chi connectivity index (χ1) is 15.3. The smallest absolute Gasteiger partial charge is 0.291 e. The number of halogens is 1. The third-order valence-corrected chi connectivity index (χ3v) is 5.34. The molecule has 0 aliphatic carbocycles. The molecular formula is C20H16ClN5O5S. The van der Waals surface area contributed by atoms with Crippen LogP contribution in [0.3, 0.4) is 0 Å². The van der Waals surface area contributed by atoms with E-state index >= 15 is 0 Å². The van der Waals surface area contributed by atoms with Gasteiger partial charge in [-0.25, -0.2) is 4.98 Å². The summed E-state index contributed by atoms with van der Waals surface area (Å²) in [4.78, 5) is 37.3. The number of rotatable bonds is 5. The minimum absolute atomic E-state index is 0.0806. The Labute approximate surface area is 190 Å². The molecule has 0 spiro atoms. The Morgan fingerprint density at radius 3 is 2.47 bits per heavy atom.